The number of benzene rings is 2. The van der Waals surface area contributed by atoms with Crippen LogP contribution >= 0.6 is 11.6 Å². The van der Waals surface area contributed by atoms with Crippen LogP contribution in [-0.4, -0.2) is 65.8 Å². The minimum absolute atomic E-state index is 0.0318. The predicted octanol–water partition coefficient (Wildman–Crippen LogP) is 3.54. The van der Waals surface area contributed by atoms with Gasteiger partial charge in [-0.25, -0.2) is 0 Å². The maximum atomic E-state index is 13.0. The number of nitrogens with zero attached hydrogens (tertiary/aromatic N) is 3. The van der Waals surface area contributed by atoms with Gasteiger partial charge in [0.1, 0.15) is 0 Å². The molecule has 4 rings (SSSR count). The van der Waals surface area contributed by atoms with Gasteiger partial charge in [-0.2, -0.15) is 0 Å². The number of halogens is 1. The number of hydrogen-bond donors (Lipinski definition) is 0. The highest BCUT2D eigenvalue weighted by atomic mass is 35.5. The lowest BCUT2D eigenvalue weighted by Gasteiger charge is -2.38. The number of piperidine rings is 1. The Hall–Kier alpha value is -2.37. The van der Waals surface area contributed by atoms with Crippen molar-refractivity contribution >= 4 is 23.4 Å². The second-order valence-electron chi connectivity index (χ2n) is 8.16. The molecule has 0 spiro atoms. The van der Waals surface area contributed by atoms with Gasteiger partial charge in [0.05, 0.1) is 0 Å². The standard InChI is InChI=1S/C24H28ClN3O2/c25-22-8-4-5-19(17-22)18-26-13-15-28(16-14-26)24(30)21-9-11-27(12-10-21)23(29)20-6-2-1-3-7-20/h1-8,17,21H,9-16,18H2. The average Bonchev–Trinajstić information content (AvgIpc) is 2.79. The first-order valence-corrected chi connectivity index (χ1v) is 11.1. The molecule has 0 atom stereocenters. The Labute approximate surface area is 183 Å². The second kappa shape index (κ2) is 9.63. The summed E-state index contributed by atoms with van der Waals surface area (Å²) in [4.78, 5) is 31.9. The normalized spacial score (nSPS) is 18.4. The Kier molecular flexibility index (Phi) is 6.70. The van der Waals surface area contributed by atoms with Gasteiger partial charge >= 0.3 is 0 Å². The fourth-order valence-electron chi connectivity index (χ4n) is 4.37. The van der Waals surface area contributed by atoms with Crippen LogP contribution < -0.4 is 0 Å². The Morgan fingerprint density at radius 3 is 2.20 bits per heavy atom. The highest BCUT2D eigenvalue weighted by molar-refractivity contribution is 6.30. The number of hydrogen-bond acceptors (Lipinski definition) is 3. The molecule has 2 aromatic carbocycles. The molecule has 5 nitrogen and oxygen atoms in total. The molecule has 0 radical (unpaired) electrons. The summed E-state index contributed by atoms with van der Waals surface area (Å²) in [7, 11) is 0. The molecule has 0 unspecified atom stereocenters. The smallest absolute Gasteiger partial charge is 0.253 e. The van der Waals surface area contributed by atoms with Crippen molar-refractivity contribution in [1.82, 2.24) is 14.7 Å². The fourth-order valence-corrected chi connectivity index (χ4v) is 4.58. The number of carbonyl (C=O) groups excluding carboxylic acids is 2. The lowest BCUT2D eigenvalue weighted by atomic mass is 9.94. The Bertz CT molecular complexity index is 873. The molecule has 0 aliphatic carbocycles. The zero-order chi connectivity index (χ0) is 20.9. The molecule has 2 saturated heterocycles. The maximum Gasteiger partial charge on any atom is 0.253 e. The van der Waals surface area contributed by atoms with Gasteiger partial charge in [0.15, 0.2) is 0 Å². The summed E-state index contributed by atoms with van der Waals surface area (Å²) in [5.74, 6) is 0.352. The quantitative estimate of drug-likeness (QED) is 0.752. The SMILES string of the molecule is O=C(c1ccccc1)N1CCC(C(=O)N2CCN(Cc3cccc(Cl)c3)CC2)CC1. The molecular formula is C24H28ClN3O2. The van der Waals surface area contributed by atoms with E-state index >= 15 is 0 Å². The predicted molar refractivity (Wildman–Crippen MR) is 118 cm³/mol. The highest BCUT2D eigenvalue weighted by Gasteiger charge is 2.31. The van der Waals surface area contributed by atoms with E-state index in [0.29, 0.717) is 13.1 Å². The van der Waals surface area contributed by atoms with Gasteiger partial charge in [0.25, 0.3) is 5.91 Å². The number of likely N-dealkylation sites (tertiary alicyclic amines) is 1. The minimum Gasteiger partial charge on any atom is -0.340 e. The van der Waals surface area contributed by atoms with E-state index in [1.54, 1.807) is 0 Å². The van der Waals surface area contributed by atoms with Gasteiger partial charge in [-0.3, -0.25) is 14.5 Å². The molecule has 2 amide bonds. The van der Waals surface area contributed by atoms with Gasteiger partial charge in [-0.1, -0.05) is 41.9 Å². The van der Waals surface area contributed by atoms with E-state index in [9.17, 15) is 9.59 Å². The van der Waals surface area contributed by atoms with Gasteiger partial charge in [-0.15, -0.1) is 0 Å². The van der Waals surface area contributed by atoms with Crippen LogP contribution in [0.1, 0.15) is 28.8 Å². The van der Waals surface area contributed by atoms with Crippen LogP contribution in [0.15, 0.2) is 54.6 Å². The van der Waals surface area contributed by atoms with Crippen molar-refractivity contribution in [3.8, 4) is 0 Å². The van der Waals surface area contributed by atoms with Gasteiger partial charge < -0.3 is 9.80 Å². The third-order valence-electron chi connectivity index (χ3n) is 6.13. The molecule has 0 aromatic heterocycles. The largest absolute Gasteiger partial charge is 0.340 e. The molecule has 30 heavy (non-hydrogen) atoms. The molecule has 2 heterocycles. The second-order valence-corrected chi connectivity index (χ2v) is 8.60. The van der Waals surface area contributed by atoms with E-state index in [4.69, 9.17) is 11.6 Å². The zero-order valence-electron chi connectivity index (χ0n) is 17.2. The summed E-state index contributed by atoms with van der Waals surface area (Å²) in [5, 5.41) is 0.762. The van der Waals surface area contributed by atoms with Crippen LogP contribution in [0.25, 0.3) is 0 Å². The van der Waals surface area contributed by atoms with E-state index in [1.165, 1.54) is 5.56 Å². The van der Waals surface area contributed by atoms with E-state index in [2.05, 4.69) is 11.0 Å². The third kappa shape index (κ3) is 5.02. The average molecular weight is 426 g/mol. The Balaban J connectivity index is 1.24. The number of piperazine rings is 1. The molecule has 0 N–H and O–H groups in total. The lowest BCUT2D eigenvalue weighted by molar-refractivity contribution is -0.138. The van der Waals surface area contributed by atoms with Crippen molar-refractivity contribution in [3.63, 3.8) is 0 Å². The van der Waals surface area contributed by atoms with Crippen LogP contribution in [0.3, 0.4) is 0 Å². The van der Waals surface area contributed by atoms with E-state index < -0.39 is 0 Å². The van der Waals surface area contributed by atoms with Crippen molar-refractivity contribution in [2.24, 2.45) is 5.92 Å². The van der Waals surface area contributed by atoms with E-state index in [1.807, 2.05) is 58.3 Å². The van der Waals surface area contributed by atoms with E-state index in [0.717, 1.165) is 56.2 Å². The van der Waals surface area contributed by atoms with Crippen molar-refractivity contribution in [3.05, 3.63) is 70.7 Å². The van der Waals surface area contributed by atoms with Gasteiger partial charge in [0, 0.05) is 62.3 Å². The Morgan fingerprint density at radius 1 is 0.833 bits per heavy atom. The van der Waals surface area contributed by atoms with Crippen molar-refractivity contribution in [1.29, 1.82) is 0 Å². The van der Waals surface area contributed by atoms with Gasteiger partial charge in [0.2, 0.25) is 5.91 Å². The topological polar surface area (TPSA) is 43.9 Å². The molecule has 6 heteroatoms. The lowest BCUT2D eigenvalue weighted by Crippen LogP contribution is -2.51. The van der Waals surface area contributed by atoms with Gasteiger partial charge in [-0.05, 0) is 42.7 Å². The summed E-state index contributed by atoms with van der Waals surface area (Å²) in [6.07, 6.45) is 1.50. The van der Waals surface area contributed by atoms with Crippen LogP contribution in [-0.2, 0) is 11.3 Å². The first-order chi connectivity index (χ1) is 14.6. The highest BCUT2D eigenvalue weighted by Crippen LogP contribution is 2.22. The third-order valence-corrected chi connectivity index (χ3v) is 6.37. The van der Waals surface area contributed by atoms with Crippen molar-refractivity contribution in [2.75, 3.05) is 39.3 Å². The molecule has 2 aliphatic rings. The maximum absolute atomic E-state index is 13.0. The summed E-state index contributed by atoms with van der Waals surface area (Å²) in [6.45, 7) is 5.46. The first-order valence-electron chi connectivity index (χ1n) is 10.7. The minimum atomic E-state index is 0.0318. The van der Waals surface area contributed by atoms with Crippen LogP contribution in [0.4, 0.5) is 0 Å². The summed E-state index contributed by atoms with van der Waals surface area (Å²) >= 11 is 6.08. The molecular weight excluding hydrogens is 398 g/mol. The van der Waals surface area contributed by atoms with Crippen LogP contribution in [0, 0.1) is 5.92 Å². The zero-order valence-corrected chi connectivity index (χ0v) is 17.9. The summed E-state index contributed by atoms with van der Waals surface area (Å²) in [5.41, 5.74) is 1.93. The monoisotopic (exact) mass is 425 g/mol. The van der Waals surface area contributed by atoms with Crippen molar-refractivity contribution < 1.29 is 9.59 Å². The molecule has 2 aromatic rings. The molecule has 0 saturated carbocycles. The number of carbonyl (C=O) groups is 2. The molecule has 2 fully saturated rings. The first kappa shape index (κ1) is 20.9. The molecule has 2 aliphatic heterocycles. The number of amides is 2. The van der Waals surface area contributed by atoms with Crippen molar-refractivity contribution in [2.45, 2.75) is 19.4 Å². The van der Waals surface area contributed by atoms with E-state index in [-0.39, 0.29) is 17.7 Å². The Morgan fingerprint density at radius 2 is 1.53 bits per heavy atom. The van der Waals surface area contributed by atoms with Crippen LogP contribution in [0.5, 0.6) is 0 Å². The molecule has 0 bridgehead atoms. The fraction of sp³-hybridized carbons (Fsp3) is 0.417. The van der Waals surface area contributed by atoms with Crippen LogP contribution in [0.2, 0.25) is 5.02 Å². The summed E-state index contributed by atoms with van der Waals surface area (Å²) < 4.78 is 0. The molecule has 158 valence electrons. The number of rotatable bonds is 4. The summed E-state index contributed by atoms with van der Waals surface area (Å²) in [6, 6.07) is 17.3.